The topological polar surface area (TPSA) is 91.8 Å². The minimum Gasteiger partial charge on any atom is -0.465 e. The third-order valence-electron chi connectivity index (χ3n) is 2.88. The molecular weight excluding hydrogens is 306 g/mol. The fourth-order valence-corrected chi connectivity index (χ4v) is 2.79. The first-order valence-corrected chi connectivity index (χ1v) is 7.69. The highest BCUT2D eigenvalue weighted by Crippen LogP contribution is 2.29. The van der Waals surface area contributed by atoms with E-state index in [0.29, 0.717) is 24.5 Å². The standard InChI is InChI=1S/C14H19N3O4S/c1-14(2,3)21-12(18)16-10-8-15-11(22-10)9-4-6-17(7-5-9)13(19)20/h4,8H,5-7H2,1-3H3,(H,16,18)(H,19,20). The Morgan fingerprint density at radius 1 is 1.45 bits per heavy atom. The fourth-order valence-electron chi connectivity index (χ4n) is 1.92. The van der Waals surface area contributed by atoms with Crippen molar-refractivity contribution in [3.63, 3.8) is 0 Å². The van der Waals surface area contributed by atoms with Gasteiger partial charge in [0.25, 0.3) is 0 Å². The van der Waals surface area contributed by atoms with Crippen LogP contribution in [-0.2, 0) is 4.74 Å². The molecule has 2 rings (SSSR count). The normalized spacial score (nSPS) is 15.2. The minimum atomic E-state index is -0.915. The van der Waals surface area contributed by atoms with Crippen molar-refractivity contribution >= 4 is 34.1 Å². The number of aromatic nitrogens is 1. The molecule has 0 spiro atoms. The lowest BCUT2D eigenvalue weighted by molar-refractivity contribution is 0.0636. The van der Waals surface area contributed by atoms with Gasteiger partial charge in [-0.25, -0.2) is 14.6 Å². The molecule has 1 aliphatic rings. The minimum absolute atomic E-state index is 0.360. The van der Waals surface area contributed by atoms with Gasteiger partial charge in [-0.05, 0) is 32.8 Å². The molecule has 0 unspecified atom stereocenters. The molecule has 1 aliphatic heterocycles. The van der Waals surface area contributed by atoms with E-state index in [-0.39, 0.29) is 0 Å². The summed E-state index contributed by atoms with van der Waals surface area (Å²) in [5.41, 5.74) is 0.448. The molecule has 0 bridgehead atoms. The summed E-state index contributed by atoms with van der Waals surface area (Å²) in [7, 11) is 0. The Balaban J connectivity index is 1.97. The number of amides is 2. The van der Waals surface area contributed by atoms with Crippen molar-refractivity contribution in [2.24, 2.45) is 0 Å². The van der Waals surface area contributed by atoms with Crippen LogP contribution in [0, 0.1) is 0 Å². The van der Waals surface area contributed by atoms with E-state index < -0.39 is 17.8 Å². The van der Waals surface area contributed by atoms with Crippen molar-refractivity contribution in [2.45, 2.75) is 32.8 Å². The highest BCUT2D eigenvalue weighted by atomic mass is 32.1. The van der Waals surface area contributed by atoms with Gasteiger partial charge in [-0.1, -0.05) is 17.4 Å². The smallest absolute Gasteiger partial charge is 0.412 e. The van der Waals surface area contributed by atoms with Gasteiger partial charge in [0, 0.05) is 13.1 Å². The average Bonchev–Trinajstić information content (AvgIpc) is 2.85. The molecule has 22 heavy (non-hydrogen) atoms. The molecule has 2 N–H and O–H groups in total. The highest BCUT2D eigenvalue weighted by Gasteiger charge is 2.20. The van der Waals surface area contributed by atoms with Gasteiger partial charge in [0.1, 0.15) is 15.6 Å². The van der Waals surface area contributed by atoms with Crippen molar-refractivity contribution in [3.05, 3.63) is 17.3 Å². The fraction of sp³-hybridized carbons (Fsp3) is 0.500. The molecule has 1 aromatic rings. The van der Waals surface area contributed by atoms with Crippen LogP contribution in [-0.4, -0.2) is 45.9 Å². The number of rotatable bonds is 2. The van der Waals surface area contributed by atoms with Crippen LogP contribution in [0.4, 0.5) is 14.6 Å². The van der Waals surface area contributed by atoms with Crippen molar-refractivity contribution in [2.75, 3.05) is 18.4 Å². The first-order valence-electron chi connectivity index (χ1n) is 6.88. The van der Waals surface area contributed by atoms with E-state index in [4.69, 9.17) is 9.84 Å². The maximum absolute atomic E-state index is 11.7. The van der Waals surface area contributed by atoms with E-state index >= 15 is 0 Å². The molecular formula is C14H19N3O4S. The van der Waals surface area contributed by atoms with Crippen LogP contribution in [0.1, 0.15) is 32.2 Å². The van der Waals surface area contributed by atoms with E-state index in [1.54, 1.807) is 27.0 Å². The molecule has 0 saturated carbocycles. The number of carbonyl (C=O) groups excluding carboxylic acids is 1. The van der Waals surface area contributed by atoms with Gasteiger partial charge in [-0.15, -0.1) is 0 Å². The lowest BCUT2D eigenvalue weighted by Crippen LogP contribution is -2.33. The molecule has 7 nitrogen and oxygen atoms in total. The number of ether oxygens (including phenoxy) is 1. The summed E-state index contributed by atoms with van der Waals surface area (Å²) >= 11 is 1.35. The lowest BCUT2D eigenvalue weighted by Gasteiger charge is -2.22. The summed E-state index contributed by atoms with van der Waals surface area (Å²) < 4.78 is 5.18. The summed E-state index contributed by atoms with van der Waals surface area (Å²) in [6.45, 7) is 6.21. The summed E-state index contributed by atoms with van der Waals surface area (Å²) in [6, 6.07) is 0. The Labute approximate surface area is 132 Å². The Morgan fingerprint density at radius 2 is 2.18 bits per heavy atom. The molecule has 0 aromatic carbocycles. The largest absolute Gasteiger partial charge is 0.465 e. The maximum Gasteiger partial charge on any atom is 0.412 e. The number of thiazole rings is 1. The quantitative estimate of drug-likeness (QED) is 0.871. The van der Waals surface area contributed by atoms with Crippen LogP contribution >= 0.6 is 11.3 Å². The van der Waals surface area contributed by atoms with Gasteiger partial charge < -0.3 is 14.7 Å². The zero-order valence-corrected chi connectivity index (χ0v) is 13.6. The Bertz CT molecular complexity index is 603. The van der Waals surface area contributed by atoms with E-state index in [2.05, 4.69) is 10.3 Å². The number of hydrogen-bond acceptors (Lipinski definition) is 5. The predicted octanol–water partition coefficient (Wildman–Crippen LogP) is 3.26. The summed E-state index contributed by atoms with van der Waals surface area (Å²) in [4.78, 5) is 28.2. The molecule has 1 aromatic heterocycles. The second-order valence-corrected chi connectivity index (χ2v) is 6.90. The molecule has 0 aliphatic carbocycles. The number of hydrogen-bond donors (Lipinski definition) is 2. The Hall–Kier alpha value is -2.09. The van der Waals surface area contributed by atoms with Crippen LogP contribution in [0.5, 0.6) is 0 Å². The van der Waals surface area contributed by atoms with Crippen molar-refractivity contribution < 1.29 is 19.4 Å². The van der Waals surface area contributed by atoms with Crippen molar-refractivity contribution in [1.29, 1.82) is 0 Å². The van der Waals surface area contributed by atoms with Crippen LogP contribution in [0.25, 0.3) is 5.57 Å². The SMILES string of the molecule is CC(C)(C)OC(=O)Nc1cnc(C2=CCN(C(=O)O)CC2)s1. The second-order valence-electron chi connectivity index (χ2n) is 5.86. The molecule has 120 valence electrons. The summed E-state index contributed by atoms with van der Waals surface area (Å²) in [5.74, 6) is 0. The predicted molar refractivity (Wildman–Crippen MR) is 84.2 cm³/mol. The van der Waals surface area contributed by atoms with Crippen LogP contribution in [0.15, 0.2) is 12.3 Å². The van der Waals surface area contributed by atoms with E-state index in [9.17, 15) is 9.59 Å². The Kier molecular flexibility index (Phi) is 4.70. The summed E-state index contributed by atoms with van der Waals surface area (Å²) in [5, 5.41) is 13.0. The number of carboxylic acid groups (broad SMARTS) is 1. The molecule has 0 radical (unpaired) electrons. The second kappa shape index (κ2) is 6.35. The molecule has 0 saturated heterocycles. The van der Waals surface area contributed by atoms with Gasteiger partial charge in [0.15, 0.2) is 0 Å². The lowest BCUT2D eigenvalue weighted by atomic mass is 10.1. The maximum atomic E-state index is 11.7. The third kappa shape index (κ3) is 4.45. The van der Waals surface area contributed by atoms with Gasteiger partial charge >= 0.3 is 12.2 Å². The van der Waals surface area contributed by atoms with E-state index in [1.807, 2.05) is 6.08 Å². The molecule has 0 atom stereocenters. The van der Waals surface area contributed by atoms with Gasteiger partial charge in [-0.2, -0.15) is 0 Å². The van der Waals surface area contributed by atoms with Gasteiger partial charge in [-0.3, -0.25) is 5.32 Å². The van der Waals surface area contributed by atoms with Gasteiger partial charge in [0.05, 0.1) is 6.20 Å². The third-order valence-corrected chi connectivity index (χ3v) is 3.87. The number of nitrogens with one attached hydrogen (secondary N) is 1. The zero-order chi connectivity index (χ0) is 16.3. The van der Waals surface area contributed by atoms with E-state index in [1.165, 1.54) is 16.2 Å². The number of anilines is 1. The zero-order valence-electron chi connectivity index (χ0n) is 12.8. The van der Waals surface area contributed by atoms with Crippen LogP contribution in [0.2, 0.25) is 0 Å². The monoisotopic (exact) mass is 325 g/mol. The highest BCUT2D eigenvalue weighted by molar-refractivity contribution is 7.16. The van der Waals surface area contributed by atoms with Crippen LogP contribution in [0.3, 0.4) is 0 Å². The molecule has 0 fully saturated rings. The first-order chi connectivity index (χ1) is 10.2. The molecule has 8 heteroatoms. The number of carbonyl (C=O) groups is 2. The van der Waals surface area contributed by atoms with Crippen LogP contribution < -0.4 is 5.32 Å². The number of nitrogens with zero attached hydrogens (tertiary/aromatic N) is 2. The van der Waals surface area contributed by atoms with Crippen molar-refractivity contribution in [1.82, 2.24) is 9.88 Å². The van der Waals surface area contributed by atoms with E-state index in [0.717, 1.165) is 10.6 Å². The molecule has 2 amide bonds. The average molecular weight is 325 g/mol. The first kappa shape index (κ1) is 16.3. The van der Waals surface area contributed by atoms with Gasteiger partial charge in [0.2, 0.25) is 0 Å². The molecule has 2 heterocycles. The van der Waals surface area contributed by atoms with Crippen molar-refractivity contribution in [3.8, 4) is 0 Å². The Morgan fingerprint density at radius 3 is 2.73 bits per heavy atom. The summed E-state index contributed by atoms with van der Waals surface area (Å²) in [6.07, 6.45) is 2.62.